The molecule has 0 fully saturated rings. The van der Waals surface area contributed by atoms with Crippen molar-refractivity contribution < 1.29 is 19.1 Å². The number of aromatic carboxylic acids is 1. The summed E-state index contributed by atoms with van der Waals surface area (Å²) in [5, 5.41) is 9.22. The molecule has 0 aliphatic carbocycles. The Hall–Kier alpha value is -2.30. The molecular formula is C14H15NO4. The van der Waals surface area contributed by atoms with Gasteiger partial charge in [0, 0.05) is 5.56 Å². The fourth-order valence-electron chi connectivity index (χ4n) is 1.66. The number of ether oxygens (including phenoxy) is 1. The van der Waals surface area contributed by atoms with E-state index in [9.17, 15) is 9.90 Å². The van der Waals surface area contributed by atoms with Crippen molar-refractivity contribution in [1.29, 1.82) is 0 Å². The molecule has 0 radical (unpaired) electrons. The Morgan fingerprint density at radius 1 is 1.47 bits per heavy atom. The van der Waals surface area contributed by atoms with Crippen LogP contribution in [-0.4, -0.2) is 22.7 Å². The second-order valence-corrected chi connectivity index (χ2v) is 4.08. The third-order valence-corrected chi connectivity index (χ3v) is 2.68. The van der Waals surface area contributed by atoms with Crippen molar-refractivity contribution in [3.05, 3.63) is 36.4 Å². The van der Waals surface area contributed by atoms with Gasteiger partial charge in [-0.2, -0.15) is 0 Å². The molecule has 0 aliphatic rings. The highest BCUT2D eigenvalue weighted by atomic mass is 16.5. The lowest BCUT2D eigenvalue weighted by atomic mass is 10.1. The summed E-state index contributed by atoms with van der Waals surface area (Å²) in [6.07, 6.45) is 4.74. The number of carboxylic acid groups (broad SMARTS) is 1. The molecule has 0 saturated carbocycles. The Kier molecular flexibility index (Phi) is 4.18. The molecule has 0 amide bonds. The molecule has 5 nitrogen and oxygen atoms in total. The first-order chi connectivity index (χ1) is 9.22. The van der Waals surface area contributed by atoms with E-state index in [2.05, 4.69) is 11.9 Å². The highest BCUT2D eigenvalue weighted by molar-refractivity contribution is 5.92. The predicted molar refractivity (Wildman–Crippen MR) is 69.3 cm³/mol. The molecular weight excluding hydrogens is 246 g/mol. The number of benzene rings is 1. The van der Waals surface area contributed by atoms with Crippen molar-refractivity contribution >= 4 is 5.97 Å². The summed E-state index contributed by atoms with van der Waals surface area (Å²) in [6, 6.07) is 4.94. The lowest BCUT2D eigenvalue weighted by Gasteiger charge is -2.09. The van der Waals surface area contributed by atoms with E-state index < -0.39 is 5.97 Å². The van der Waals surface area contributed by atoms with Crippen LogP contribution >= 0.6 is 0 Å². The van der Waals surface area contributed by atoms with Crippen LogP contribution in [0.3, 0.4) is 0 Å². The van der Waals surface area contributed by atoms with Crippen molar-refractivity contribution in [3.63, 3.8) is 0 Å². The highest BCUT2D eigenvalue weighted by Gasteiger charge is 2.14. The van der Waals surface area contributed by atoms with Gasteiger partial charge in [-0.1, -0.05) is 13.3 Å². The van der Waals surface area contributed by atoms with E-state index in [0.717, 1.165) is 12.8 Å². The quantitative estimate of drug-likeness (QED) is 0.808. The predicted octanol–water partition coefficient (Wildman–Crippen LogP) is 3.22. The van der Waals surface area contributed by atoms with Crippen molar-refractivity contribution in [2.45, 2.75) is 19.8 Å². The molecule has 1 heterocycles. The Morgan fingerprint density at radius 2 is 2.32 bits per heavy atom. The first-order valence-corrected chi connectivity index (χ1v) is 6.11. The van der Waals surface area contributed by atoms with Gasteiger partial charge in [-0.05, 0) is 24.6 Å². The topological polar surface area (TPSA) is 72.6 Å². The summed E-state index contributed by atoms with van der Waals surface area (Å²) in [5.74, 6) is -0.111. The largest absolute Gasteiger partial charge is 0.493 e. The monoisotopic (exact) mass is 261 g/mol. The average molecular weight is 261 g/mol. The maximum atomic E-state index is 11.3. The number of hydrogen-bond donors (Lipinski definition) is 1. The standard InChI is InChI=1S/C14H15NO4/c1-2-3-6-18-12-5-4-10(7-11(12)14(16)17)13-8-15-9-19-13/h4-5,7-9H,2-3,6H2,1H3,(H,16,17). The van der Waals surface area contributed by atoms with Gasteiger partial charge in [-0.15, -0.1) is 0 Å². The van der Waals surface area contributed by atoms with Gasteiger partial charge >= 0.3 is 5.97 Å². The number of unbranched alkanes of at least 4 members (excludes halogenated alkanes) is 1. The summed E-state index contributed by atoms with van der Waals surface area (Å²) in [5.41, 5.74) is 0.794. The molecule has 5 heteroatoms. The zero-order chi connectivity index (χ0) is 13.7. The lowest BCUT2D eigenvalue weighted by Crippen LogP contribution is -2.04. The molecule has 2 rings (SSSR count). The SMILES string of the molecule is CCCCOc1ccc(-c2cnco2)cc1C(=O)O. The van der Waals surface area contributed by atoms with Gasteiger partial charge in [0.2, 0.25) is 0 Å². The number of hydrogen-bond acceptors (Lipinski definition) is 4. The van der Waals surface area contributed by atoms with Crippen LogP contribution in [0.1, 0.15) is 30.1 Å². The van der Waals surface area contributed by atoms with E-state index in [1.807, 2.05) is 0 Å². The molecule has 2 aromatic rings. The van der Waals surface area contributed by atoms with Crippen LogP contribution in [0.15, 0.2) is 35.2 Å². The maximum Gasteiger partial charge on any atom is 0.339 e. The first kappa shape index (κ1) is 13.1. The second-order valence-electron chi connectivity index (χ2n) is 4.08. The van der Waals surface area contributed by atoms with Gasteiger partial charge in [-0.3, -0.25) is 0 Å². The van der Waals surface area contributed by atoms with Crippen LogP contribution in [0.2, 0.25) is 0 Å². The smallest absolute Gasteiger partial charge is 0.339 e. The van der Waals surface area contributed by atoms with E-state index >= 15 is 0 Å². The van der Waals surface area contributed by atoms with Gasteiger partial charge in [0.25, 0.3) is 0 Å². The molecule has 1 aromatic carbocycles. The Morgan fingerprint density at radius 3 is 2.95 bits per heavy atom. The number of oxazole rings is 1. The lowest BCUT2D eigenvalue weighted by molar-refractivity contribution is 0.0692. The fraction of sp³-hybridized carbons (Fsp3) is 0.286. The zero-order valence-corrected chi connectivity index (χ0v) is 10.6. The summed E-state index contributed by atoms with van der Waals surface area (Å²) < 4.78 is 10.6. The molecule has 0 atom stereocenters. The highest BCUT2D eigenvalue weighted by Crippen LogP contribution is 2.26. The third-order valence-electron chi connectivity index (χ3n) is 2.68. The first-order valence-electron chi connectivity index (χ1n) is 6.11. The molecule has 0 saturated heterocycles. The van der Waals surface area contributed by atoms with Crippen LogP contribution < -0.4 is 4.74 Å². The van der Waals surface area contributed by atoms with Crippen LogP contribution in [0.4, 0.5) is 0 Å². The van der Waals surface area contributed by atoms with E-state index in [1.165, 1.54) is 12.5 Å². The van der Waals surface area contributed by atoms with Crippen molar-refractivity contribution in [3.8, 4) is 17.1 Å². The minimum atomic E-state index is -1.02. The minimum Gasteiger partial charge on any atom is -0.493 e. The Bertz CT molecular complexity index is 549. The van der Waals surface area contributed by atoms with E-state index in [0.29, 0.717) is 23.7 Å². The van der Waals surface area contributed by atoms with Gasteiger partial charge < -0.3 is 14.3 Å². The van der Waals surface area contributed by atoms with Crippen LogP contribution in [0.5, 0.6) is 5.75 Å². The summed E-state index contributed by atoms with van der Waals surface area (Å²) in [7, 11) is 0. The molecule has 0 bridgehead atoms. The molecule has 19 heavy (non-hydrogen) atoms. The van der Waals surface area contributed by atoms with E-state index in [-0.39, 0.29) is 5.56 Å². The van der Waals surface area contributed by atoms with E-state index in [1.54, 1.807) is 18.3 Å². The number of carbonyl (C=O) groups is 1. The summed E-state index contributed by atoms with van der Waals surface area (Å²) in [6.45, 7) is 2.56. The van der Waals surface area contributed by atoms with Crippen molar-refractivity contribution in [2.75, 3.05) is 6.61 Å². The molecule has 0 unspecified atom stereocenters. The Balaban J connectivity index is 2.28. The number of nitrogens with zero attached hydrogens (tertiary/aromatic N) is 1. The van der Waals surface area contributed by atoms with Gasteiger partial charge in [0.05, 0.1) is 12.8 Å². The minimum absolute atomic E-state index is 0.130. The second kappa shape index (κ2) is 6.04. The average Bonchev–Trinajstić information content (AvgIpc) is 2.93. The molecule has 0 spiro atoms. The number of aromatic nitrogens is 1. The summed E-state index contributed by atoms with van der Waals surface area (Å²) in [4.78, 5) is 15.1. The fourth-order valence-corrected chi connectivity index (χ4v) is 1.66. The molecule has 1 aromatic heterocycles. The van der Waals surface area contributed by atoms with E-state index in [4.69, 9.17) is 9.15 Å². The van der Waals surface area contributed by atoms with Crippen molar-refractivity contribution in [1.82, 2.24) is 4.98 Å². The zero-order valence-electron chi connectivity index (χ0n) is 10.6. The van der Waals surface area contributed by atoms with Crippen LogP contribution in [0.25, 0.3) is 11.3 Å². The third kappa shape index (κ3) is 3.13. The molecule has 1 N–H and O–H groups in total. The maximum absolute atomic E-state index is 11.3. The van der Waals surface area contributed by atoms with Gasteiger partial charge in [0.1, 0.15) is 11.3 Å². The van der Waals surface area contributed by atoms with Crippen LogP contribution in [-0.2, 0) is 0 Å². The normalized spacial score (nSPS) is 10.4. The van der Waals surface area contributed by atoms with Gasteiger partial charge in [-0.25, -0.2) is 9.78 Å². The number of rotatable bonds is 6. The summed E-state index contributed by atoms with van der Waals surface area (Å²) >= 11 is 0. The molecule has 100 valence electrons. The van der Waals surface area contributed by atoms with Gasteiger partial charge in [0.15, 0.2) is 12.2 Å². The van der Waals surface area contributed by atoms with Crippen molar-refractivity contribution in [2.24, 2.45) is 0 Å². The molecule has 0 aliphatic heterocycles. The van der Waals surface area contributed by atoms with Crippen LogP contribution in [0, 0.1) is 0 Å². The Labute approximate surface area is 110 Å². The number of carboxylic acids is 1.